The molecule has 0 amide bonds. The summed E-state index contributed by atoms with van der Waals surface area (Å²) in [5.41, 5.74) is 11.9. The Kier molecular flexibility index (Phi) is 3.33. The van der Waals surface area contributed by atoms with Gasteiger partial charge in [-0.1, -0.05) is 13.3 Å². The van der Waals surface area contributed by atoms with Crippen LogP contribution in [0.25, 0.3) is 11.0 Å². The number of nitriles is 1. The first-order chi connectivity index (χ1) is 9.08. The lowest BCUT2D eigenvalue weighted by Crippen LogP contribution is -2.16. The molecule has 0 aliphatic carbocycles. The minimum atomic E-state index is -0.391. The van der Waals surface area contributed by atoms with Crippen molar-refractivity contribution in [1.82, 2.24) is 15.0 Å². The second kappa shape index (κ2) is 4.94. The van der Waals surface area contributed by atoms with E-state index >= 15 is 0 Å². The van der Waals surface area contributed by atoms with Crippen molar-refractivity contribution < 1.29 is 0 Å². The predicted octanol–water partition coefficient (Wildman–Crippen LogP) is 0.697. The number of hydrogen-bond donors (Lipinski definition) is 3. The standard InChI is InChI=1S/C12H14N6O/c1-2-3-4-6-7(5-13)9(14)16-10-8(6)11(19)18-12(15)17-10/h2-4H2,1H3,(H5,14,15,16,17,18,19). The number of fused-ring (bicyclic) bond motifs is 1. The van der Waals surface area contributed by atoms with Crippen LogP contribution in [0.4, 0.5) is 11.8 Å². The number of rotatable bonds is 3. The van der Waals surface area contributed by atoms with Crippen LogP contribution >= 0.6 is 0 Å². The van der Waals surface area contributed by atoms with Crippen molar-refractivity contribution in [3.05, 3.63) is 21.5 Å². The van der Waals surface area contributed by atoms with Gasteiger partial charge < -0.3 is 11.5 Å². The monoisotopic (exact) mass is 258 g/mol. The van der Waals surface area contributed by atoms with E-state index in [2.05, 4.69) is 15.0 Å². The number of unbranched alkanes of at least 4 members (excludes halogenated alkanes) is 1. The van der Waals surface area contributed by atoms with E-state index in [9.17, 15) is 10.1 Å². The Bertz CT molecular complexity index is 728. The lowest BCUT2D eigenvalue weighted by molar-refractivity contribution is 0.796. The Morgan fingerprint density at radius 1 is 1.37 bits per heavy atom. The molecule has 7 nitrogen and oxygen atoms in total. The molecule has 0 saturated carbocycles. The minimum Gasteiger partial charge on any atom is -0.383 e. The molecule has 5 N–H and O–H groups in total. The summed E-state index contributed by atoms with van der Waals surface area (Å²) in [4.78, 5) is 22.4. The molecule has 2 rings (SSSR count). The van der Waals surface area contributed by atoms with Crippen molar-refractivity contribution in [1.29, 1.82) is 5.26 Å². The minimum absolute atomic E-state index is 0.0180. The summed E-state index contributed by atoms with van der Waals surface area (Å²) in [6, 6.07) is 2.01. The van der Waals surface area contributed by atoms with Gasteiger partial charge in [0.2, 0.25) is 5.95 Å². The Morgan fingerprint density at radius 3 is 2.74 bits per heavy atom. The highest BCUT2D eigenvalue weighted by Crippen LogP contribution is 2.23. The highest BCUT2D eigenvalue weighted by Gasteiger charge is 2.16. The van der Waals surface area contributed by atoms with E-state index in [1.165, 1.54) is 0 Å². The van der Waals surface area contributed by atoms with Crippen LogP contribution < -0.4 is 17.0 Å². The van der Waals surface area contributed by atoms with Gasteiger partial charge in [-0.25, -0.2) is 4.98 Å². The van der Waals surface area contributed by atoms with Crippen molar-refractivity contribution in [2.45, 2.75) is 26.2 Å². The Morgan fingerprint density at radius 2 is 2.11 bits per heavy atom. The summed E-state index contributed by atoms with van der Waals surface area (Å²) in [6.07, 6.45) is 2.36. The van der Waals surface area contributed by atoms with Gasteiger partial charge in [0.05, 0.1) is 10.9 Å². The average molecular weight is 258 g/mol. The topological polar surface area (TPSA) is 134 Å². The molecule has 0 aromatic carbocycles. The number of nitrogen functional groups attached to an aromatic ring is 2. The second-order valence-electron chi connectivity index (χ2n) is 4.22. The van der Waals surface area contributed by atoms with Gasteiger partial charge in [-0.15, -0.1) is 0 Å². The zero-order valence-corrected chi connectivity index (χ0v) is 10.5. The number of aromatic amines is 1. The average Bonchev–Trinajstić information content (AvgIpc) is 2.34. The number of pyridine rings is 1. The molecule has 19 heavy (non-hydrogen) atoms. The number of aromatic nitrogens is 3. The number of anilines is 2. The van der Waals surface area contributed by atoms with Crippen molar-refractivity contribution >= 4 is 22.8 Å². The number of nitrogens with two attached hydrogens (primary N) is 2. The molecule has 0 aliphatic rings. The maximum Gasteiger partial charge on any atom is 0.262 e. The van der Waals surface area contributed by atoms with E-state index in [0.717, 1.165) is 12.8 Å². The van der Waals surface area contributed by atoms with Gasteiger partial charge in [-0.2, -0.15) is 10.2 Å². The fourth-order valence-electron chi connectivity index (χ4n) is 2.01. The maximum absolute atomic E-state index is 12.0. The molecular formula is C12H14N6O. The van der Waals surface area contributed by atoms with E-state index in [-0.39, 0.29) is 23.0 Å². The molecule has 0 spiro atoms. The molecule has 0 bridgehead atoms. The van der Waals surface area contributed by atoms with Crippen LogP contribution in [0, 0.1) is 11.3 Å². The summed E-state index contributed by atoms with van der Waals surface area (Å²) in [5, 5.41) is 9.48. The normalized spacial score (nSPS) is 10.5. The second-order valence-corrected chi connectivity index (χ2v) is 4.22. The number of aryl methyl sites for hydroxylation is 1. The number of hydrogen-bond acceptors (Lipinski definition) is 6. The highest BCUT2D eigenvalue weighted by atomic mass is 16.1. The molecule has 98 valence electrons. The third-order valence-electron chi connectivity index (χ3n) is 2.90. The molecule has 0 atom stereocenters. The SMILES string of the molecule is CCCCc1c(C#N)c(N)nc2nc(N)[nH]c(=O)c12. The first kappa shape index (κ1) is 12.8. The maximum atomic E-state index is 12.0. The van der Waals surface area contributed by atoms with Gasteiger partial charge in [-0.05, 0) is 18.4 Å². The van der Waals surface area contributed by atoms with Crippen LogP contribution in [0.5, 0.6) is 0 Å². The van der Waals surface area contributed by atoms with Gasteiger partial charge in [0.15, 0.2) is 5.65 Å². The molecule has 2 aromatic rings. The molecule has 0 radical (unpaired) electrons. The lowest BCUT2D eigenvalue weighted by atomic mass is 10.0. The van der Waals surface area contributed by atoms with Gasteiger partial charge in [0, 0.05) is 0 Å². The summed E-state index contributed by atoms with van der Waals surface area (Å²) in [6.45, 7) is 2.03. The molecule has 0 saturated heterocycles. The molecule has 2 heterocycles. The first-order valence-corrected chi connectivity index (χ1v) is 5.96. The Balaban J connectivity index is 2.86. The largest absolute Gasteiger partial charge is 0.383 e. The van der Waals surface area contributed by atoms with Crippen LogP contribution in [-0.4, -0.2) is 15.0 Å². The lowest BCUT2D eigenvalue weighted by Gasteiger charge is -2.09. The fraction of sp³-hybridized carbons (Fsp3) is 0.333. The van der Waals surface area contributed by atoms with Crippen LogP contribution in [-0.2, 0) is 6.42 Å². The first-order valence-electron chi connectivity index (χ1n) is 5.96. The van der Waals surface area contributed by atoms with Gasteiger partial charge in [0.25, 0.3) is 5.56 Å². The quantitative estimate of drug-likeness (QED) is 0.741. The van der Waals surface area contributed by atoms with E-state index in [1.807, 2.05) is 13.0 Å². The van der Waals surface area contributed by atoms with Crippen molar-refractivity contribution in [3.63, 3.8) is 0 Å². The number of nitrogens with one attached hydrogen (secondary N) is 1. The van der Waals surface area contributed by atoms with Crippen molar-refractivity contribution in [2.24, 2.45) is 0 Å². The molecule has 0 unspecified atom stereocenters. The van der Waals surface area contributed by atoms with Crippen molar-refractivity contribution in [3.8, 4) is 6.07 Å². The zero-order valence-electron chi connectivity index (χ0n) is 10.5. The van der Waals surface area contributed by atoms with E-state index in [4.69, 9.17) is 11.5 Å². The van der Waals surface area contributed by atoms with Crippen LogP contribution in [0.15, 0.2) is 4.79 Å². The number of nitrogens with zero attached hydrogens (tertiary/aromatic N) is 3. The van der Waals surface area contributed by atoms with Gasteiger partial charge in [0.1, 0.15) is 11.9 Å². The summed E-state index contributed by atoms with van der Waals surface area (Å²) in [5.74, 6) is 0.0640. The smallest absolute Gasteiger partial charge is 0.262 e. The third-order valence-corrected chi connectivity index (χ3v) is 2.90. The van der Waals surface area contributed by atoms with E-state index in [1.54, 1.807) is 0 Å². The third kappa shape index (κ3) is 2.20. The van der Waals surface area contributed by atoms with Gasteiger partial charge >= 0.3 is 0 Å². The van der Waals surface area contributed by atoms with Gasteiger partial charge in [-0.3, -0.25) is 9.78 Å². The van der Waals surface area contributed by atoms with Crippen molar-refractivity contribution in [2.75, 3.05) is 11.5 Å². The molecule has 0 aliphatic heterocycles. The summed E-state index contributed by atoms with van der Waals surface area (Å²) >= 11 is 0. The molecular weight excluding hydrogens is 244 g/mol. The van der Waals surface area contributed by atoms with E-state index in [0.29, 0.717) is 17.4 Å². The summed E-state index contributed by atoms with van der Waals surface area (Å²) in [7, 11) is 0. The molecule has 2 aromatic heterocycles. The van der Waals surface area contributed by atoms with E-state index < -0.39 is 5.56 Å². The van der Waals surface area contributed by atoms with Crippen LogP contribution in [0.1, 0.15) is 30.9 Å². The Labute approximate surface area is 109 Å². The predicted molar refractivity (Wildman–Crippen MR) is 72.3 cm³/mol. The Hall–Kier alpha value is -2.62. The zero-order chi connectivity index (χ0) is 14.0. The number of H-pyrrole nitrogens is 1. The fourth-order valence-corrected chi connectivity index (χ4v) is 2.01. The summed E-state index contributed by atoms with van der Waals surface area (Å²) < 4.78 is 0. The highest BCUT2D eigenvalue weighted by molar-refractivity contribution is 5.84. The van der Waals surface area contributed by atoms with Crippen LogP contribution in [0.2, 0.25) is 0 Å². The molecule has 7 heteroatoms. The molecule has 0 fully saturated rings. The van der Waals surface area contributed by atoms with Crippen LogP contribution in [0.3, 0.4) is 0 Å².